The number of amides is 2. The Morgan fingerprint density at radius 3 is 2.29 bits per heavy atom. The molecule has 1 aliphatic rings. The van der Waals surface area contributed by atoms with Gasteiger partial charge < -0.3 is 5.32 Å². The molecule has 0 aliphatic carbocycles. The van der Waals surface area contributed by atoms with Crippen molar-refractivity contribution < 1.29 is 9.59 Å². The molecule has 0 saturated carbocycles. The second-order valence-corrected chi connectivity index (χ2v) is 4.80. The van der Waals surface area contributed by atoms with Gasteiger partial charge >= 0.3 is 0 Å². The van der Waals surface area contributed by atoms with E-state index >= 15 is 0 Å². The molecule has 1 saturated heterocycles. The fourth-order valence-corrected chi connectivity index (χ4v) is 2.24. The van der Waals surface area contributed by atoms with E-state index < -0.39 is 0 Å². The van der Waals surface area contributed by atoms with Crippen molar-refractivity contribution in [3.8, 4) is 0 Å². The maximum atomic E-state index is 12.1. The summed E-state index contributed by atoms with van der Waals surface area (Å²) in [5.74, 6) is -0.0796. The van der Waals surface area contributed by atoms with E-state index in [0.717, 1.165) is 19.3 Å². The van der Waals surface area contributed by atoms with E-state index in [1.165, 1.54) is 4.90 Å². The third-order valence-electron chi connectivity index (χ3n) is 3.64. The Labute approximate surface area is 104 Å². The molecule has 0 aromatic rings. The lowest BCUT2D eigenvalue weighted by molar-refractivity contribution is -0.141. The molecule has 1 aliphatic heterocycles. The van der Waals surface area contributed by atoms with Crippen molar-refractivity contribution in [3.63, 3.8) is 0 Å². The monoisotopic (exact) mass is 240 g/mol. The van der Waals surface area contributed by atoms with Crippen LogP contribution in [-0.4, -0.2) is 34.8 Å². The van der Waals surface area contributed by atoms with Gasteiger partial charge in [0.1, 0.15) is 0 Å². The Morgan fingerprint density at radius 2 is 1.82 bits per heavy atom. The number of carbonyl (C=O) groups excluding carboxylic acids is 2. The molecule has 17 heavy (non-hydrogen) atoms. The van der Waals surface area contributed by atoms with Crippen LogP contribution in [0.2, 0.25) is 0 Å². The van der Waals surface area contributed by atoms with E-state index in [-0.39, 0.29) is 23.9 Å². The summed E-state index contributed by atoms with van der Waals surface area (Å²) < 4.78 is 0. The molecule has 4 nitrogen and oxygen atoms in total. The van der Waals surface area contributed by atoms with Crippen LogP contribution in [0, 0.1) is 0 Å². The number of hydrogen-bond acceptors (Lipinski definition) is 3. The second-order valence-electron chi connectivity index (χ2n) is 4.80. The Bertz CT molecular complexity index is 287. The van der Waals surface area contributed by atoms with E-state index in [9.17, 15) is 9.59 Å². The average molecular weight is 240 g/mol. The van der Waals surface area contributed by atoms with Gasteiger partial charge in [-0.2, -0.15) is 0 Å². The summed E-state index contributed by atoms with van der Waals surface area (Å²) in [5.41, 5.74) is 0. The standard InChI is InChI=1S/C13H24N2O2/c1-5-9(4)15-12(16)8-11(13(15)17)14-10(6-2)7-3/h9-11,14H,5-8H2,1-4H3. The van der Waals surface area contributed by atoms with Crippen molar-refractivity contribution in [2.45, 2.75) is 71.5 Å². The molecule has 2 amide bonds. The summed E-state index contributed by atoms with van der Waals surface area (Å²) in [6, 6.07) is 0.0403. The normalized spacial score (nSPS) is 22.6. The van der Waals surface area contributed by atoms with Gasteiger partial charge in [-0.1, -0.05) is 20.8 Å². The van der Waals surface area contributed by atoms with Crippen LogP contribution in [0.25, 0.3) is 0 Å². The molecule has 1 fully saturated rings. The first kappa shape index (κ1) is 14.2. The minimum atomic E-state index is -0.304. The van der Waals surface area contributed by atoms with Crippen molar-refractivity contribution in [2.24, 2.45) is 0 Å². The maximum Gasteiger partial charge on any atom is 0.247 e. The molecule has 0 spiro atoms. The number of rotatable bonds is 6. The molecule has 1 N–H and O–H groups in total. The van der Waals surface area contributed by atoms with Crippen LogP contribution in [0.1, 0.15) is 53.4 Å². The van der Waals surface area contributed by atoms with Gasteiger partial charge in [-0.05, 0) is 26.2 Å². The minimum absolute atomic E-state index is 0.0171. The van der Waals surface area contributed by atoms with Crippen LogP contribution in [-0.2, 0) is 9.59 Å². The maximum absolute atomic E-state index is 12.1. The highest BCUT2D eigenvalue weighted by Gasteiger charge is 2.40. The van der Waals surface area contributed by atoms with Gasteiger partial charge in [0.15, 0.2) is 0 Å². The molecule has 1 heterocycles. The second kappa shape index (κ2) is 6.15. The molecular formula is C13H24N2O2. The Morgan fingerprint density at radius 1 is 1.24 bits per heavy atom. The zero-order chi connectivity index (χ0) is 13.0. The first-order valence-electron chi connectivity index (χ1n) is 6.66. The third-order valence-corrected chi connectivity index (χ3v) is 3.64. The number of nitrogens with zero attached hydrogens (tertiary/aromatic N) is 1. The number of hydrogen-bond donors (Lipinski definition) is 1. The van der Waals surface area contributed by atoms with E-state index in [4.69, 9.17) is 0 Å². The predicted molar refractivity (Wildman–Crippen MR) is 67.5 cm³/mol. The van der Waals surface area contributed by atoms with Crippen molar-refractivity contribution >= 4 is 11.8 Å². The van der Waals surface area contributed by atoms with Crippen LogP contribution in [0.5, 0.6) is 0 Å². The Hall–Kier alpha value is -0.900. The smallest absolute Gasteiger partial charge is 0.247 e. The average Bonchev–Trinajstić information content (AvgIpc) is 2.60. The van der Waals surface area contributed by atoms with Crippen molar-refractivity contribution in [1.29, 1.82) is 0 Å². The van der Waals surface area contributed by atoms with Gasteiger partial charge in [0, 0.05) is 12.1 Å². The summed E-state index contributed by atoms with van der Waals surface area (Å²) in [7, 11) is 0. The first-order valence-corrected chi connectivity index (χ1v) is 6.66. The lowest BCUT2D eigenvalue weighted by atomic mass is 10.1. The largest absolute Gasteiger partial charge is 0.303 e. The molecule has 0 radical (unpaired) electrons. The van der Waals surface area contributed by atoms with Crippen molar-refractivity contribution in [1.82, 2.24) is 10.2 Å². The van der Waals surface area contributed by atoms with E-state index in [1.54, 1.807) is 0 Å². The third kappa shape index (κ3) is 3.06. The highest BCUT2D eigenvalue weighted by molar-refractivity contribution is 6.05. The lowest BCUT2D eigenvalue weighted by Crippen LogP contribution is -2.45. The van der Waals surface area contributed by atoms with E-state index in [0.29, 0.717) is 12.5 Å². The zero-order valence-corrected chi connectivity index (χ0v) is 11.3. The first-order chi connectivity index (χ1) is 8.04. The van der Waals surface area contributed by atoms with Gasteiger partial charge in [-0.15, -0.1) is 0 Å². The Kier molecular flexibility index (Phi) is 5.12. The molecule has 1 rings (SSSR count). The fraction of sp³-hybridized carbons (Fsp3) is 0.846. The van der Waals surface area contributed by atoms with Gasteiger partial charge in [0.05, 0.1) is 12.5 Å². The molecule has 2 atom stereocenters. The highest BCUT2D eigenvalue weighted by Crippen LogP contribution is 2.19. The Balaban J connectivity index is 2.67. The number of likely N-dealkylation sites (tertiary alicyclic amines) is 1. The fourth-order valence-electron chi connectivity index (χ4n) is 2.24. The van der Waals surface area contributed by atoms with Gasteiger partial charge in [-0.25, -0.2) is 0 Å². The van der Waals surface area contributed by atoms with E-state index in [1.807, 2.05) is 13.8 Å². The molecule has 98 valence electrons. The summed E-state index contributed by atoms with van der Waals surface area (Å²) >= 11 is 0. The van der Waals surface area contributed by atoms with Crippen LogP contribution < -0.4 is 5.32 Å². The van der Waals surface area contributed by atoms with Crippen LogP contribution in [0.4, 0.5) is 0 Å². The van der Waals surface area contributed by atoms with E-state index in [2.05, 4.69) is 19.2 Å². The molecule has 2 unspecified atom stereocenters. The topological polar surface area (TPSA) is 49.4 Å². The zero-order valence-electron chi connectivity index (χ0n) is 11.3. The minimum Gasteiger partial charge on any atom is -0.303 e. The van der Waals surface area contributed by atoms with Gasteiger partial charge in [-0.3, -0.25) is 14.5 Å². The molecular weight excluding hydrogens is 216 g/mol. The molecule has 0 bridgehead atoms. The number of nitrogens with one attached hydrogen (secondary N) is 1. The highest BCUT2D eigenvalue weighted by atomic mass is 16.2. The summed E-state index contributed by atoms with van der Waals surface area (Å²) in [4.78, 5) is 25.4. The lowest BCUT2D eigenvalue weighted by Gasteiger charge is -2.23. The molecule has 0 aromatic heterocycles. The predicted octanol–water partition coefficient (Wildman–Crippen LogP) is 1.69. The SMILES string of the molecule is CCC(CC)NC1CC(=O)N(C(C)CC)C1=O. The molecule has 0 aromatic carbocycles. The van der Waals surface area contributed by atoms with Crippen LogP contribution in [0.15, 0.2) is 0 Å². The van der Waals surface area contributed by atoms with Crippen molar-refractivity contribution in [3.05, 3.63) is 0 Å². The quantitative estimate of drug-likeness (QED) is 0.719. The van der Waals surface area contributed by atoms with Crippen molar-refractivity contribution in [2.75, 3.05) is 0 Å². The summed E-state index contributed by atoms with van der Waals surface area (Å²) in [6.45, 7) is 8.10. The van der Waals surface area contributed by atoms with Crippen LogP contribution >= 0.6 is 0 Å². The number of carbonyl (C=O) groups is 2. The molecule has 4 heteroatoms. The van der Waals surface area contributed by atoms with Crippen LogP contribution in [0.3, 0.4) is 0 Å². The van der Waals surface area contributed by atoms with Gasteiger partial charge in [0.2, 0.25) is 11.8 Å². The summed E-state index contributed by atoms with van der Waals surface area (Å²) in [5, 5.41) is 3.29. The number of imide groups is 1. The van der Waals surface area contributed by atoms with Gasteiger partial charge in [0.25, 0.3) is 0 Å². The summed E-state index contributed by atoms with van der Waals surface area (Å²) in [6.07, 6.45) is 3.10.